The van der Waals surface area contributed by atoms with Gasteiger partial charge in [-0.05, 0) is 111 Å². The third-order valence-corrected chi connectivity index (χ3v) is 8.20. The van der Waals surface area contributed by atoms with E-state index in [0.29, 0.717) is 24.2 Å². The largest absolute Gasteiger partial charge is 0.497 e. The second-order valence-electron chi connectivity index (χ2n) is 10.8. The number of pyridine rings is 1. The Bertz CT molecular complexity index is 1200. The first-order valence-electron chi connectivity index (χ1n) is 14.0. The molecule has 3 atom stereocenters. The zero-order valence-electron chi connectivity index (χ0n) is 22.7. The number of carboxylic acids is 1. The molecule has 0 unspecified atom stereocenters. The van der Waals surface area contributed by atoms with E-state index in [2.05, 4.69) is 41.1 Å². The molecule has 1 saturated heterocycles. The van der Waals surface area contributed by atoms with E-state index < -0.39 is 12.1 Å². The number of hydrogen-bond donors (Lipinski definition) is 1. The van der Waals surface area contributed by atoms with Gasteiger partial charge in [0.05, 0.1) is 12.6 Å². The van der Waals surface area contributed by atoms with Crippen molar-refractivity contribution in [3.63, 3.8) is 0 Å². The fourth-order valence-electron chi connectivity index (χ4n) is 5.98. The summed E-state index contributed by atoms with van der Waals surface area (Å²) < 4.78 is 20.8. The number of aryl methyl sites for hydroxylation is 2. The van der Waals surface area contributed by atoms with Crippen LogP contribution in [0.15, 0.2) is 54.7 Å². The summed E-state index contributed by atoms with van der Waals surface area (Å²) in [5.74, 6) is 0.214. The number of rotatable bonds is 13. The van der Waals surface area contributed by atoms with E-state index in [9.17, 15) is 9.90 Å². The predicted octanol–water partition coefficient (Wildman–Crippen LogP) is 7.17. The van der Waals surface area contributed by atoms with E-state index in [1.807, 2.05) is 18.2 Å². The minimum absolute atomic E-state index is 0.0645. The number of ether oxygens (including phenoxy) is 1. The lowest BCUT2D eigenvalue weighted by molar-refractivity contribution is -0.139. The van der Waals surface area contributed by atoms with Crippen molar-refractivity contribution in [1.29, 1.82) is 0 Å². The number of nitrogens with zero attached hydrogens (tertiary/aromatic N) is 2. The number of methoxy groups -OCH3 is 1. The molecule has 1 aliphatic heterocycles. The summed E-state index contributed by atoms with van der Waals surface area (Å²) in [5, 5.41) is 10.3. The zero-order chi connectivity index (χ0) is 26.9. The Morgan fingerprint density at radius 2 is 2.00 bits per heavy atom. The molecule has 1 N–H and O–H groups in total. The smallest absolute Gasteiger partial charge is 0.303 e. The van der Waals surface area contributed by atoms with Crippen molar-refractivity contribution in [2.45, 2.75) is 64.5 Å². The van der Waals surface area contributed by atoms with Gasteiger partial charge in [0.15, 0.2) is 0 Å². The van der Waals surface area contributed by atoms with Gasteiger partial charge in [0.2, 0.25) is 0 Å². The Hall–Kier alpha value is -2.99. The standard InChI is InChI=1S/C32H41FN2O3/c1-23-8-5-6-10-24(23)9-4-3-7-18-35-19-16-25(26(22-35)20-32(36)37)11-13-30(33)28-15-17-34-31-14-12-27(38-2)21-29(28)31/h5-6,8,10,12,14-15,17,21,25-26,30H,3-4,7,9,11,13,16,18-20,22H2,1-2H3,(H,36,37)/t25-,26+,30-/m1/s1. The molecule has 1 aromatic heterocycles. The summed E-state index contributed by atoms with van der Waals surface area (Å²) in [6.07, 6.45) is 7.28. The molecule has 1 aliphatic rings. The van der Waals surface area contributed by atoms with Crippen LogP contribution >= 0.6 is 0 Å². The van der Waals surface area contributed by atoms with Gasteiger partial charge in [-0.2, -0.15) is 0 Å². The van der Waals surface area contributed by atoms with Gasteiger partial charge < -0.3 is 14.7 Å². The van der Waals surface area contributed by atoms with Gasteiger partial charge >= 0.3 is 5.97 Å². The highest BCUT2D eigenvalue weighted by atomic mass is 19.1. The Balaban J connectivity index is 1.28. The number of alkyl halides is 1. The number of piperidine rings is 1. The van der Waals surface area contributed by atoms with Gasteiger partial charge in [-0.3, -0.25) is 9.78 Å². The molecule has 204 valence electrons. The summed E-state index contributed by atoms with van der Waals surface area (Å²) in [6, 6.07) is 15.9. The van der Waals surface area contributed by atoms with Crippen LogP contribution in [0.2, 0.25) is 0 Å². The summed E-state index contributed by atoms with van der Waals surface area (Å²) >= 11 is 0. The highest BCUT2D eigenvalue weighted by molar-refractivity contribution is 5.83. The lowest BCUT2D eigenvalue weighted by Crippen LogP contribution is -2.41. The van der Waals surface area contributed by atoms with E-state index in [4.69, 9.17) is 4.74 Å². The molecule has 0 amide bonds. The third-order valence-electron chi connectivity index (χ3n) is 8.20. The lowest BCUT2D eigenvalue weighted by atomic mass is 9.79. The van der Waals surface area contributed by atoms with Gasteiger partial charge in [0.25, 0.3) is 0 Å². The van der Waals surface area contributed by atoms with Crippen LogP contribution in [-0.2, 0) is 11.2 Å². The number of halogens is 1. The molecule has 0 saturated carbocycles. The van der Waals surface area contributed by atoms with Gasteiger partial charge in [0.1, 0.15) is 11.9 Å². The molecule has 38 heavy (non-hydrogen) atoms. The van der Waals surface area contributed by atoms with E-state index in [1.165, 1.54) is 24.0 Å². The molecule has 0 spiro atoms. The number of fused-ring (bicyclic) bond motifs is 1. The van der Waals surface area contributed by atoms with Crippen LogP contribution < -0.4 is 4.74 Å². The number of unbranched alkanes of at least 4 members (excludes halogenated alkanes) is 2. The van der Waals surface area contributed by atoms with Gasteiger partial charge in [0, 0.05) is 24.5 Å². The topological polar surface area (TPSA) is 62.7 Å². The molecule has 2 heterocycles. The summed E-state index contributed by atoms with van der Waals surface area (Å²) in [4.78, 5) is 18.4. The molecule has 4 rings (SSSR count). The Morgan fingerprint density at radius 1 is 1.16 bits per heavy atom. The fourth-order valence-corrected chi connectivity index (χ4v) is 5.98. The highest BCUT2D eigenvalue weighted by Gasteiger charge is 2.31. The van der Waals surface area contributed by atoms with Crippen LogP contribution in [0.3, 0.4) is 0 Å². The van der Waals surface area contributed by atoms with Crippen molar-refractivity contribution in [2.24, 2.45) is 11.8 Å². The number of carbonyl (C=O) groups is 1. The number of benzene rings is 2. The van der Waals surface area contributed by atoms with Crippen molar-refractivity contribution in [3.8, 4) is 5.75 Å². The second-order valence-corrected chi connectivity index (χ2v) is 10.8. The van der Waals surface area contributed by atoms with Crippen LogP contribution in [0.5, 0.6) is 5.75 Å². The number of aliphatic carboxylic acids is 1. The summed E-state index contributed by atoms with van der Waals surface area (Å²) in [5.41, 5.74) is 4.17. The lowest BCUT2D eigenvalue weighted by Gasteiger charge is -2.38. The first-order valence-corrected chi connectivity index (χ1v) is 14.0. The van der Waals surface area contributed by atoms with Crippen LogP contribution in [0, 0.1) is 18.8 Å². The van der Waals surface area contributed by atoms with Crippen molar-refractivity contribution >= 4 is 16.9 Å². The molecule has 3 aromatic rings. The van der Waals surface area contributed by atoms with Crippen LogP contribution in [0.1, 0.15) is 67.8 Å². The van der Waals surface area contributed by atoms with E-state index in [0.717, 1.165) is 49.8 Å². The molecule has 2 aromatic carbocycles. The SMILES string of the molecule is COc1ccc2nccc([C@H](F)CC[C@@H]3CCN(CCCCCc4ccccc4C)C[C@@H]3CC(=O)O)c2c1. The highest BCUT2D eigenvalue weighted by Crippen LogP contribution is 2.36. The minimum atomic E-state index is -1.12. The van der Waals surface area contributed by atoms with E-state index in [1.54, 1.807) is 19.4 Å². The maximum absolute atomic E-state index is 15.5. The van der Waals surface area contributed by atoms with Crippen LogP contribution in [0.4, 0.5) is 4.39 Å². The average molecular weight is 521 g/mol. The maximum Gasteiger partial charge on any atom is 0.303 e. The normalized spacial score (nSPS) is 18.9. The van der Waals surface area contributed by atoms with Crippen molar-refractivity contribution in [1.82, 2.24) is 9.88 Å². The van der Waals surface area contributed by atoms with Gasteiger partial charge in [-0.25, -0.2) is 4.39 Å². The molecular weight excluding hydrogens is 479 g/mol. The first kappa shape index (κ1) is 28.0. The Labute approximate surface area is 226 Å². The average Bonchev–Trinajstić information content (AvgIpc) is 2.92. The molecule has 6 heteroatoms. The van der Waals surface area contributed by atoms with E-state index >= 15 is 4.39 Å². The summed E-state index contributed by atoms with van der Waals surface area (Å²) in [7, 11) is 1.60. The van der Waals surface area contributed by atoms with Crippen LogP contribution in [-0.4, -0.2) is 47.7 Å². The number of likely N-dealkylation sites (tertiary alicyclic amines) is 1. The number of carboxylic acid groups (broad SMARTS) is 1. The molecule has 0 radical (unpaired) electrons. The maximum atomic E-state index is 15.5. The van der Waals surface area contributed by atoms with Crippen molar-refractivity contribution in [2.75, 3.05) is 26.7 Å². The Kier molecular flexibility index (Phi) is 10.1. The second kappa shape index (κ2) is 13.7. The van der Waals surface area contributed by atoms with Gasteiger partial charge in [-0.15, -0.1) is 0 Å². The fraction of sp³-hybridized carbons (Fsp3) is 0.500. The number of hydrogen-bond acceptors (Lipinski definition) is 4. The minimum Gasteiger partial charge on any atom is -0.497 e. The molecule has 0 aliphatic carbocycles. The number of aromatic nitrogens is 1. The monoisotopic (exact) mass is 520 g/mol. The molecular formula is C32H41FN2O3. The van der Waals surface area contributed by atoms with E-state index in [-0.39, 0.29) is 18.3 Å². The molecule has 5 nitrogen and oxygen atoms in total. The predicted molar refractivity (Wildman–Crippen MR) is 150 cm³/mol. The van der Waals surface area contributed by atoms with Crippen molar-refractivity contribution < 1.29 is 19.0 Å². The first-order chi connectivity index (χ1) is 18.4. The quantitative estimate of drug-likeness (QED) is 0.242. The Morgan fingerprint density at radius 3 is 2.79 bits per heavy atom. The summed E-state index contributed by atoms with van der Waals surface area (Å²) in [6.45, 7) is 4.93. The zero-order valence-corrected chi connectivity index (χ0v) is 22.7. The molecule has 0 bridgehead atoms. The van der Waals surface area contributed by atoms with Crippen molar-refractivity contribution in [3.05, 3.63) is 71.4 Å². The van der Waals surface area contributed by atoms with Gasteiger partial charge in [-0.1, -0.05) is 30.7 Å². The van der Waals surface area contributed by atoms with Crippen LogP contribution in [0.25, 0.3) is 10.9 Å². The third kappa shape index (κ3) is 7.53. The molecule has 1 fully saturated rings.